The second-order valence-corrected chi connectivity index (χ2v) is 15.9. The summed E-state index contributed by atoms with van der Waals surface area (Å²) in [4.78, 5) is 2.56. The maximum Gasteiger partial charge on any atom is 0.135 e. The van der Waals surface area contributed by atoms with Gasteiger partial charge in [0.25, 0.3) is 0 Å². The highest BCUT2D eigenvalue weighted by Gasteiger charge is 2.51. The van der Waals surface area contributed by atoms with E-state index in [0.29, 0.717) is 0 Å². The average molecular weight is 766 g/mol. The second-order valence-electron chi connectivity index (χ2n) is 15.9. The van der Waals surface area contributed by atoms with E-state index < -0.39 is 10.8 Å². The van der Waals surface area contributed by atoms with Crippen LogP contribution in [-0.2, 0) is 10.8 Å². The van der Waals surface area contributed by atoms with Gasteiger partial charge in [0.1, 0.15) is 5.58 Å². The molecule has 60 heavy (non-hydrogen) atoms. The van der Waals surface area contributed by atoms with Gasteiger partial charge < -0.3 is 9.32 Å². The van der Waals surface area contributed by atoms with Crippen molar-refractivity contribution >= 4 is 28.0 Å². The topological polar surface area (TPSA) is 16.4 Å². The van der Waals surface area contributed by atoms with Gasteiger partial charge in [-0.25, -0.2) is 0 Å². The Morgan fingerprint density at radius 3 is 1.12 bits per heavy atom. The number of anilines is 3. The molecule has 1 aromatic heterocycles. The van der Waals surface area contributed by atoms with E-state index in [2.05, 4.69) is 235 Å². The van der Waals surface area contributed by atoms with Gasteiger partial charge in [-0.1, -0.05) is 200 Å². The summed E-state index contributed by atoms with van der Waals surface area (Å²) in [5.74, 6) is 0. The van der Waals surface area contributed by atoms with E-state index in [1.165, 1.54) is 66.8 Å². The maximum absolute atomic E-state index is 6.20. The number of benzene rings is 9. The first-order chi connectivity index (χ1) is 29.8. The van der Waals surface area contributed by atoms with Gasteiger partial charge in [0.15, 0.2) is 0 Å². The van der Waals surface area contributed by atoms with E-state index in [-0.39, 0.29) is 0 Å². The fourth-order valence-electron chi connectivity index (χ4n) is 10.9. The third-order valence-corrected chi connectivity index (χ3v) is 13.1. The van der Waals surface area contributed by atoms with E-state index in [9.17, 15) is 0 Å². The monoisotopic (exact) mass is 765 g/mol. The Morgan fingerprint density at radius 1 is 0.300 bits per heavy atom. The molecule has 0 unspecified atom stereocenters. The van der Waals surface area contributed by atoms with Crippen molar-refractivity contribution < 1.29 is 4.42 Å². The second kappa shape index (κ2) is 13.4. The molecule has 0 atom stereocenters. The quantitative estimate of drug-likeness (QED) is 0.161. The van der Waals surface area contributed by atoms with Crippen molar-refractivity contribution in [3.05, 3.63) is 281 Å². The van der Waals surface area contributed by atoms with Crippen LogP contribution < -0.4 is 4.90 Å². The van der Waals surface area contributed by atoms with Gasteiger partial charge in [0, 0.05) is 16.5 Å². The summed E-state index contributed by atoms with van der Waals surface area (Å²) in [7, 11) is 0. The van der Waals surface area contributed by atoms with Crippen molar-refractivity contribution in [2.45, 2.75) is 10.8 Å². The van der Waals surface area contributed by atoms with Crippen LogP contribution in [0.3, 0.4) is 0 Å². The van der Waals surface area contributed by atoms with Crippen molar-refractivity contribution in [2.24, 2.45) is 0 Å². The van der Waals surface area contributed by atoms with Crippen LogP contribution in [-0.4, -0.2) is 0 Å². The molecule has 2 aliphatic carbocycles. The van der Waals surface area contributed by atoms with Crippen LogP contribution in [0.5, 0.6) is 0 Å². The zero-order valence-electron chi connectivity index (χ0n) is 32.9. The van der Waals surface area contributed by atoms with Crippen LogP contribution >= 0.6 is 0 Å². The van der Waals surface area contributed by atoms with Gasteiger partial charge in [-0.2, -0.15) is 0 Å². The molecule has 0 radical (unpaired) electrons. The molecule has 0 aliphatic heterocycles. The number of hydrogen-bond donors (Lipinski definition) is 0. The number of furan rings is 1. The first-order valence-corrected chi connectivity index (χ1v) is 20.8. The van der Waals surface area contributed by atoms with Crippen molar-refractivity contribution in [2.75, 3.05) is 4.90 Å². The molecular weight excluding hydrogens is 727 g/mol. The summed E-state index contributed by atoms with van der Waals surface area (Å²) in [6.07, 6.45) is 1.82. The predicted molar refractivity (Wildman–Crippen MR) is 246 cm³/mol. The summed E-state index contributed by atoms with van der Waals surface area (Å²) in [6.45, 7) is 0. The third kappa shape index (κ3) is 4.65. The molecule has 2 heteroatoms. The number of hydrogen-bond acceptors (Lipinski definition) is 2. The average Bonchev–Trinajstić information content (AvgIpc) is 4.02. The van der Waals surface area contributed by atoms with Crippen molar-refractivity contribution in [1.82, 2.24) is 0 Å². The van der Waals surface area contributed by atoms with Crippen LogP contribution in [0.2, 0.25) is 0 Å². The van der Waals surface area contributed by atoms with Gasteiger partial charge >= 0.3 is 0 Å². The van der Waals surface area contributed by atoms with Gasteiger partial charge in [0.2, 0.25) is 0 Å². The van der Waals surface area contributed by atoms with Crippen LogP contribution in [0.25, 0.3) is 33.2 Å². The van der Waals surface area contributed by atoms with E-state index in [4.69, 9.17) is 4.42 Å². The fraction of sp³-hybridized carbons (Fsp3) is 0.0345. The SMILES string of the molecule is c1ccc(C2(c3ccccc3)c3ccccc3-c3cccc(N(c4cccc5c4C(c4ccccc4)(c4ccccc4)c4ccccc4-5)c4cccc5occc45)c32)cc1. The molecule has 2 nitrogen and oxygen atoms in total. The Morgan fingerprint density at radius 2 is 0.667 bits per heavy atom. The lowest BCUT2D eigenvalue weighted by Gasteiger charge is -2.40. The molecule has 0 saturated carbocycles. The molecule has 12 rings (SSSR count). The van der Waals surface area contributed by atoms with E-state index in [0.717, 1.165) is 28.0 Å². The standard InChI is InChI=1S/C58H39NO/c1-5-20-40(21-6-1)57(41-22-7-2-8-23-41)49-32-15-13-28-44(49)46-30-17-35-52(55(46)57)59(51-34-19-37-54-48(51)38-39-60-54)53-36-18-31-47-45-29-14-16-33-50(45)58(56(47)53,42-24-9-3-10-25-42)43-26-11-4-12-27-43/h1-39H. The lowest BCUT2D eigenvalue weighted by atomic mass is 9.66. The minimum atomic E-state index is -0.634. The van der Waals surface area contributed by atoms with Gasteiger partial charge in [-0.3, -0.25) is 0 Å². The van der Waals surface area contributed by atoms with Gasteiger partial charge in [-0.15, -0.1) is 0 Å². The summed E-state index contributed by atoms with van der Waals surface area (Å²) in [6, 6.07) is 84.9. The molecular formula is C58H39NO. The molecule has 0 N–H and O–H groups in total. The lowest BCUT2D eigenvalue weighted by molar-refractivity contribution is 0.616. The lowest BCUT2D eigenvalue weighted by Crippen LogP contribution is -2.32. The summed E-state index contributed by atoms with van der Waals surface area (Å²) < 4.78 is 6.20. The molecule has 282 valence electrons. The molecule has 0 bridgehead atoms. The molecule has 0 amide bonds. The number of fused-ring (bicyclic) bond motifs is 7. The Labute approximate surface area is 350 Å². The first-order valence-electron chi connectivity index (χ1n) is 20.8. The third-order valence-electron chi connectivity index (χ3n) is 13.1. The molecule has 9 aromatic carbocycles. The van der Waals surface area contributed by atoms with E-state index in [1.54, 1.807) is 0 Å². The zero-order valence-corrected chi connectivity index (χ0v) is 32.9. The Balaban J connectivity index is 1.27. The maximum atomic E-state index is 6.20. The highest BCUT2D eigenvalue weighted by Crippen LogP contribution is 2.63. The zero-order chi connectivity index (χ0) is 39.7. The molecule has 0 fully saturated rings. The number of nitrogens with zero attached hydrogens (tertiary/aromatic N) is 1. The van der Waals surface area contributed by atoms with Gasteiger partial charge in [0.05, 0.1) is 34.2 Å². The van der Waals surface area contributed by atoms with E-state index in [1.807, 2.05) is 6.26 Å². The minimum absolute atomic E-state index is 0.634. The Kier molecular flexibility index (Phi) is 7.70. The van der Waals surface area contributed by atoms with Crippen LogP contribution in [0.4, 0.5) is 17.1 Å². The van der Waals surface area contributed by atoms with Crippen molar-refractivity contribution in [3.63, 3.8) is 0 Å². The van der Waals surface area contributed by atoms with Crippen molar-refractivity contribution in [3.8, 4) is 22.3 Å². The highest BCUT2D eigenvalue weighted by molar-refractivity contribution is 6.03. The molecule has 10 aromatic rings. The number of rotatable bonds is 7. The summed E-state index contributed by atoms with van der Waals surface area (Å²) >= 11 is 0. The van der Waals surface area contributed by atoms with Gasteiger partial charge in [-0.05, 0) is 86.0 Å². The fourth-order valence-corrected chi connectivity index (χ4v) is 10.9. The van der Waals surface area contributed by atoms with Crippen LogP contribution in [0, 0.1) is 0 Å². The van der Waals surface area contributed by atoms with Crippen LogP contribution in [0.1, 0.15) is 44.5 Å². The normalized spacial score (nSPS) is 13.9. The summed E-state index contributed by atoms with van der Waals surface area (Å²) in [5.41, 5.74) is 17.8. The van der Waals surface area contributed by atoms with Crippen LogP contribution in [0.15, 0.2) is 241 Å². The predicted octanol–water partition coefficient (Wildman–Crippen LogP) is 14.6. The first kappa shape index (κ1) is 34.4. The molecule has 0 spiro atoms. The molecule has 2 aliphatic rings. The highest BCUT2D eigenvalue weighted by atomic mass is 16.3. The minimum Gasteiger partial charge on any atom is -0.464 e. The molecule has 0 saturated heterocycles. The van der Waals surface area contributed by atoms with Crippen molar-refractivity contribution in [1.29, 1.82) is 0 Å². The Bertz CT molecular complexity index is 2940. The summed E-state index contributed by atoms with van der Waals surface area (Å²) in [5, 5.41) is 1.05. The van der Waals surface area contributed by atoms with E-state index >= 15 is 0 Å². The largest absolute Gasteiger partial charge is 0.464 e. The smallest absolute Gasteiger partial charge is 0.135 e. The molecule has 1 heterocycles. The Hall–Kier alpha value is -7.68.